The quantitative estimate of drug-likeness (QED) is 0.922. The highest BCUT2D eigenvalue weighted by atomic mass is 19.1. The molecule has 0 saturated carbocycles. The van der Waals surface area contributed by atoms with E-state index in [0.29, 0.717) is 6.54 Å². The van der Waals surface area contributed by atoms with E-state index in [4.69, 9.17) is 5.26 Å². The van der Waals surface area contributed by atoms with Gasteiger partial charge in [0.15, 0.2) is 0 Å². The molecule has 2 nitrogen and oxygen atoms in total. The van der Waals surface area contributed by atoms with Gasteiger partial charge in [-0.2, -0.15) is 5.26 Å². The zero-order valence-electron chi connectivity index (χ0n) is 11.0. The lowest BCUT2D eigenvalue weighted by molar-refractivity contribution is 0.543. The number of hydrogen-bond donors (Lipinski definition) is 1. The van der Waals surface area contributed by atoms with Crippen LogP contribution in [0.2, 0.25) is 0 Å². The second kappa shape index (κ2) is 6.27. The number of hydrogen-bond acceptors (Lipinski definition) is 2. The lowest BCUT2D eigenvalue weighted by atomic mass is 10.1. The van der Waals surface area contributed by atoms with Crippen LogP contribution in [0.3, 0.4) is 0 Å². The van der Waals surface area contributed by atoms with Crippen molar-refractivity contribution in [1.29, 1.82) is 5.26 Å². The van der Waals surface area contributed by atoms with Crippen LogP contribution in [-0.2, 0) is 6.54 Å². The Bertz CT molecular complexity index is 630. The maximum Gasteiger partial charge on any atom is 0.131 e. The van der Waals surface area contributed by atoms with E-state index in [0.717, 1.165) is 23.3 Å². The molecular weight excluding hydrogens is 258 g/mol. The highest BCUT2D eigenvalue weighted by molar-refractivity contribution is 5.27. The number of nitrogens with zero attached hydrogens (tertiary/aromatic N) is 1. The van der Waals surface area contributed by atoms with Gasteiger partial charge in [0, 0.05) is 18.2 Å². The Labute approximate surface area is 116 Å². The number of halogens is 2. The highest BCUT2D eigenvalue weighted by Crippen LogP contribution is 2.18. The van der Waals surface area contributed by atoms with Gasteiger partial charge in [-0.1, -0.05) is 35.9 Å². The standard InChI is InChI=1S/C16H14F2N2/c1-11-2-4-12(5-3-11)10-20-16(9-19)14-7-6-13(17)8-15(14)18/h2-8,16,20H,10H2,1H3. The molecule has 102 valence electrons. The summed E-state index contributed by atoms with van der Waals surface area (Å²) in [5, 5.41) is 12.1. The van der Waals surface area contributed by atoms with Crippen LogP contribution < -0.4 is 5.32 Å². The molecule has 2 aromatic rings. The fourth-order valence-corrected chi connectivity index (χ4v) is 1.89. The molecule has 0 heterocycles. The van der Waals surface area contributed by atoms with Gasteiger partial charge in [-0.15, -0.1) is 0 Å². The summed E-state index contributed by atoms with van der Waals surface area (Å²) < 4.78 is 26.5. The zero-order chi connectivity index (χ0) is 14.5. The van der Waals surface area contributed by atoms with Crippen molar-refractivity contribution < 1.29 is 8.78 Å². The topological polar surface area (TPSA) is 35.8 Å². The average molecular weight is 272 g/mol. The number of aryl methyl sites for hydroxylation is 1. The van der Waals surface area contributed by atoms with Crippen LogP contribution in [0.4, 0.5) is 8.78 Å². The summed E-state index contributed by atoms with van der Waals surface area (Å²) in [5.41, 5.74) is 2.30. The average Bonchev–Trinajstić information content (AvgIpc) is 2.43. The zero-order valence-corrected chi connectivity index (χ0v) is 11.0. The Balaban J connectivity index is 2.09. The second-order valence-corrected chi connectivity index (χ2v) is 4.59. The van der Waals surface area contributed by atoms with Crippen molar-refractivity contribution in [3.8, 4) is 6.07 Å². The maximum absolute atomic E-state index is 13.6. The van der Waals surface area contributed by atoms with Gasteiger partial charge in [-0.05, 0) is 18.6 Å². The van der Waals surface area contributed by atoms with E-state index in [1.165, 1.54) is 6.07 Å². The molecule has 0 aliphatic heterocycles. The molecule has 0 bridgehead atoms. The van der Waals surface area contributed by atoms with Crippen LogP contribution in [0.15, 0.2) is 42.5 Å². The molecule has 2 aromatic carbocycles. The number of rotatable bonds is 4. The second-order valence-electron chi connectivity index (χ2n) is 4.59. The smallest absolute Gasteiger partial charge is 0.131 e. The Morgan fingerprint density at radius 1 is 1.15 bits per heavy atom. The Morgan fingerprint density at radius 3 is 2.45 bits per heavy atom. The molecule has 0 spiro atoms. The van der Waals surface area contributed by atoms with Crippen molar-refractivity contribution >= 4 is 0 Å². The van der Waals surface area contributed by atoms with Crippen LogP contribution in [0.25, 0.3) is 0 Å². The van der Waals surface area contributed by atoms with Crippen molar-refractivity contribution in [3.63, 3.8) is 0 Å². The predicted octanol–water partition coefficient (Wildman–Crippen LogP) is 3.63. The van der Waals surface area contributed by atoms with Gasteiger partial charge in [-0.25, -0.2) is 8.78 Å². The van der Waals surface area contributed by atoms with Crippen LogP contribution in [0.5, 0.6) is 0 Å². The van der Waals surface area contributed by atoms with Crippen LogP contribution in [0.1, 0.15) is 22.7 Å². The molecule has 20 heavy (non-hydrogen) atoms. The van der Waals surface area contributed by atoms with Crippen molar-refractivity contribution in [2.45, 2.75) is 19.5 Å². The molecule has 2 rings (SSSR count). The molecule has 1 atom stereocenters. The monoisotopic (exact) mass is 272 g/mol. The molecule has 1 unspecified atom stereocenters. The first-order valence-corrected chi connectivity index (χ1v) is 6.23. The van der Waals surface area contributed by atoms with E-state index in [1.54, 1.807) is 0 Å². The third-order valence-corrected chi connectivity index (χ3v) is 3.03. The van der Waals surface area contributed by atoms with Crippen LogP contribution in [-0.4, -0.2) is 0 Å². The SMILES string of the molecule is Cc1ccc(CNC(C#N)c2ccc(F)cc2F)cc1. The van der Waals surface area contributed by atoms with Crippen LogP contribution >= 0.6 is 0 Å². The molecular formula is C16H14F2N2. The minimum absolute atomic E-state index is 0.154. The summed E-state index contributed by atoms with van der Waals surface area (Å²) in [7, 11) is 0. The summed E-state index contributed by atoms with van der Waals surface area (Å²) in [5.74, 6) is -1.37. The van der Waals surface area contributed by atoms with Crippen molar-refractivity contribution in [2.24, 2.45) is 0 Å². The van der Waals surface area contributed by atoms with E-state index >= 15 is 0 Å². The molecule has 4 heteroatoms. The van der Waals surface area contributed by atoms with Gasteiger partial charge in [-0.3, -0.25) is 5.32 Å². The van der Waals surface area contributed by atoms with E-state index in [9.17, 15) is 8.78 Å². The summed E-state index contributed by atoms with van der Waals surface area (Å²) in [4.78, 5) is 0. The maximum atomic E-state index is 13.6. The third-order valence-electron chi connectivity index (χ3n) is 3.03. The molecule has 0 aromatic heterocycles. The fraction of sp³-hybridized carbons (Fsp3) is 0.188. The summed E-state index contributed by atoms with van der Waals surface area (Å²) in [6.07, 6.45) is 0. The normalized spacial score (nSPS) is 11.9. The summed E-state index contributed by atoms with van der Waals surface area (Å²) in [6.45, 7) is 2.43. The first kappa shape index (κ1) is 14.2. The number of nitriles is 1. The molecule has 0 saturated heterocycles. The first-order valence-electron chi connectivity index (χ1n) is 6.23. The van der Waals surface area contributed by atoms with Crippen molar-refractivity contribution in [2.75, 3.05) is 0 Å². The summed E-state index contributed by atoms with van der Waals surface area (Å²) in [6, 6.07) is 12.2. The molecule has 0 radical (unpaired) electrons. The Hall–Kier alpha value is -2.25. The van der Waals surface area contributed by atoms with Crippen molar-refractivity contribution in [1.82, 2.24) is 5.32 Å². The Kier molecular flexibility index (Phi) is 4.44. The lowest BCUT2D eigenvalue weighted by Gasteiger charge is -2.13. The molecule has 1 N–H and O–H groups in total. The van der Waals surface area contributed by atoms with Crippen molar-refractivity contribution in [3.05, 3.63) is 70.8 Å². The fourth-order valence-electron chi connectivity index (χ4n) is 1.89. The van der Waals surface area contributed by atoms with Gasteiger partial charge >= 0.3 is 0 Å². The van der Waals surface area contributed by atoms with E-state index in [1.807, 2.05) is 37.3 Å². The predicted molar refractivity (Wildman–Crippen MR) is 72.7 cm³/mol. The lowest BCUT2D eigenvalue weighted by Crippen LogP contribution is -2.20. The van der Waals surface area contributed by atoms with E-state index in [2.05, 4.69) is 5.32 Å². The number of nitrogens with one attached hydrogen (secondary N) is 1. The first-order chi connectivity index (χ1) is 9.60. The summed E-state index contributed by atoms with van der Waals surface area (Å²) >= 11 is 0. The molecule has 0 fully saturated rings. The van der Waals surface area contributed by atoms with Gasteiger partial charge < -0.3 is 0 Å². The molecule has 0 amide bonds. The highest BCUT2D eigenvalue weighted by Gasteiger charge is 2.15. The number of benzene rings is 2. The minimum Gasteiger partial charge on any atom is -0.294 e. The van der Waals surface area contributed by atoms with Gasteiger partial charge in [0.2, 0.25) is 0 Å². The molecule has 0 aliphatic carbocycles. The third kappa shape index (κ3) is 3.40. The largest absolute Gasteiger partial charge is 0.294 e. The van der Waals surface area contributed by atoms with Gasteiger partial charge in [0.25, 0.3) is 0 Å². The van der Waals surface area contributed by atoms with Gasteiger partial charge in [0.1, 0.15) is 17.7 Å². The van der Waals surface area contributed by atoms with E-state index < -0.39 is 17.7 Å². The van der Waals surface area contributed by atoms with Gasteiger partial charge in [0.05, 0.1) is 6.07 Å². The van der Waals surface area contributed by atoms with Crippen LogP contribution in [0, 0.1) is 29.9 Å². The Morgan fingerprint density at radius 2 is 1.85 bits per heavy atom. The van der Waals surface area contributed by atoms with E-state index in [-0.39, 0.29) is 5.56 Å². The molecule has 0 aliphatic rings. The minimum atomic E-state index is -0.808.